The second-order valence-electron chi connectivity index (χ2n) is 4.57. The Hall–Kier alpha value is -1.68. The standard InChI is InChI=1S/C15H17ClFN3/c1-4-12-9(2)19-14(20-15(12)18-3)7-10-5-6-11(17)8-13(10)16/h5-6,8H,4,7H2,1-3H3,(H,18,19,20). The van der Waals surface area contributed by atoms with Gasteiger partial charge in [0.2, 0.25) is 0 Å². The lowest BCUT2D eigenvalue weighted by molar-refractivity contribution is 0.627. The third kappa shape index (κ3) is 3.07. The average Bonchev–Trinajstić information content (AvgIpc) is 2.41. The maximum atomic E-state index is 13.0. The van der Waals surface area contributed by atoms with Crippen LogP contribution in [0.4, 0.5) is 10.2 Å². The first-order valence-corrected chi connectivity index (χ1v) is 6.91. The average molecular weight is 294 g/mol. The van der Waals surface area contributed by atoms with Crippen LogP contribution in [0.5, 0.6) is 0 Å². The minimum atomic E-state index is -0.340. The molecule has 0 amide bonds. The van der Waals surface area contributed by atoms with Gasteiger partial charge in [-0.05, 0) is 31.0 Å². The maximum Gasteiger partial charge on any atom is 0.135 e. The number of aryl methyl sites for hydroxylation is 1. The van der Waals surface area contributed by atoms with Crippen molar-refractivity contribution in [3.63, 3.8) is 0 Å². The van der Waals surface area contributed by atoms with E-state index in [0.29, 0.717) is 17.3 Å². The molecule has 106 valence electrons. The van der Waals surface area contributed by atoms with Gasteiger partial charge in [-0.3, -0.25) is 0 Å². The molecule has 0 atom stereocenters. The van der Waals surface area contributed by atoms with E-state index in [1.165, 1.54) is 12.1 Å². The highest BCUT2D eigenvalue weighted by molar-refractivity contribution is 6.31. The van der Waals surface area contributed by atoms with Crippen molar-refractivity contribution in [3.8, 4) is 0 Å². The molecule has 0 unspecified atom stereocenters. The molecule has 0 spiro atoms. The number of halogens is 2. The van der Waals surface area contributed by atoms with Gasteiger partial charge in [-0.1, -0.05) is 24.6 Å². The topological polar surface area (TPSA) is 37.8 Å². The second-order valence-corrected chi connectivity index (χ2v) is 4.98. The third-order valence-electron chi connectivity index (χ3n) is 3.21. The fraction of sp³-hybridized carbons (Fsp3) is 0.333. The van der Waals surface area contributed by atoms with E-state index in [4.69, 9.17) is 11.6 Å². The summed E-state index contributed by atoms with van der Waals surface area (Å²) in [5.41, 5.74) is 2.89. The van der Waals surface area contributed by atoms with Crippen LogP contribution in [0.2, 0.25) is 5.02 Å². The van der Waals surface area contributed by atoms with Crippen LogP contribution in [0.3, 0.4) is 0 Å². The monoisotopic (exact) mass is 293 g/mol. The summed E-state index contributed by atoms with van der Waals surface area (Å²) in [6, 6.07) is 4.37. The minimum Gasteiger partial charge on any atom is -0.373 e. The first kappa shape index (κ1) is 14.7. The van der Waals surface area contributed by atoms with Gasteiger partial charge in [0, 0.05) is 29.7 Å². The fourth-order valence-corrected chi connectivity index (χ4v) is 2.43. The van der Waals surface area contributed by atoms with Crippen molar-refractivity contribution >= 4 is 17.4 Å². The second kappa shape index (κ2) is 6.18. The lowest BCUT2D eigenvalue weighted by Crippen LogP contribution is -2.07. The SMILES string of the molecule is CCc1c(C)nc(Cc2ccc(F)cc2Cl)nc1NC. The van der Waals surface area contributed by atoms with Crippen molar-refractivity contribution < 1.29 is 4.39 Å². The van der Waals surface area contributed by atoms with Gasteiger partial charge in [-0.2, -0.15) is 0 Å². The number of hydrogen-bond acceptors (Lipinski definition) is 3. The molecule has 20 heavy (non-hydrogen) atoms. The molecule has 0 aliphatic carbocycles. The number of nitrogens with zero attached hydrogens (tertiary/aromatic N) is 2. The molecular weight excluding hydrogens is 277 g/mol. The van der Waals surface area contributed by atoms with E-state index in [9.17, 15) is 4.39 Å². The summed E-state index contributed by atoms with van der Waals surface area (Å²) in [5, 5.41) is 3.49. The minimum absolute atomic E-state index is 0.340. The van der Waals surface area contributed by atoms with Crippen molar-refractivity contribution in [2.75, 3.05) is 12.4 Å². The van der Waals surface area contributed by atoms with Gasteiger partial charge in [-0.25, -0.2) is 14.4 Å². The Balaban J connectivity index is 2.36. The number of benzene rings is 1. The molecular formula is C15H17ClFN3. The molecule has 2 rings (SSSR count). The predicted octanol–water partition coefficient (Wildman–Crippen LogP) is 3.77. The van der Waals surface area contributed by atoms with Crippen molar-refractivity contribution in [3.05, 3.63) is 51.7 Å². The summed E-state index contributed by atoms with van der Waals surface area (Å²) in [7, 11) is 1.84. The van der Waals surface area contributed by atoms with E-state index in [1.807, 2.05) is 14.0 Å². The van der Waals surface area contributed by atoms with Gasteiger partial charge in [0.15, 0.2) is 0 Å². The Morgan fingerprint density at radius 3 is 2.65 bits per heavy atom. The Kier molecular flexibility index (Phi) is 4.55. The van der Waals surface area contributed by atoms with Crippen molar-refractivity contribution in [1.29, 1.82) is 0 Å². The molecule has 0 bridgehead atoms. The molecule has 0 saturated heterocycles. The molecule has 5 heteroatoms. The fourth-order valence-electron chi connectivity index (χ4n) is 2.20. The summed E-state index contributed by atoms with van der Waals surface area (Å²) < 4.78 is 13.0. The Labute approximate surface area is 123 Å². The highest BCUT2D eigenvalue weighted by Gasteiger charge is 2.11. The number of rotatable bonds is 4. The molecule has 0 aliphatic rings. The van der Waals surface area contributed by atoms with E-state index in [2.05, 4.69) is 22.2 Å². The Morgan fingerprint density at radius 1 is 1.30 bits per heavy atom. The highest BCUT2D eigenvalue weighted by atomic mass is 35.5. The molecule has 1 N–H and O–H groups in total. The van der Waals surface area contributed by atoms with Gasteiger partial charge in [0.1, 0.15) is 17.5 Å². The van der Waals surface area contributed by atoms with Crippen LogP contribution in [-0.2, 0) is 12.8 Å². The van der Waals surface area contributed by atoms with E-state index >= 15 is 0 Å². The van der Waals surface area contributed by atoms with Crippen LogP contribution in [-0.4, -0.2) is 17.0 Å². The molecule has 1 heterocycles. The predicted molar refractivity (Wildman–Crippen MR) is 79.9 cm³/mol. The summed E-state index contributed by atoms with van der Waals surface area (Å²) in [6.07, 6.45) is 1.36. The van der Waals surface area contributed by atoms with Gasteiger partial charge in [-0.15, -0.1) is 0 Å². The van der Waals surface area contributed by atoms with Crippen molar-refractivity contribution in [1.82, 2.24) is 9.97 Å². The van der Waals surface area contributed by atoms with Gasteiger partial charge in [0.05, 0.1) is 0 Å². The van der Waals surface area contributed by atoms with E-state index in [1.54, 1.807) is 6.07 Å². The van der Waals surface area contributed by atoms with Gasteiger partial charge in [0.25, 0.3) is 0 Å². The molecule has 0 saturated carbocycles. The van der Waals surface area contributed by atoms with Crippen molar-refractivity contribution in [2.45, 2.75) is 26.7 Å². The summed E-state index contributed by atoms with van der Waals surface area (Å²) in [4.78, 5) is 9.01. The number of nitrogens with one attached hydrogen (secondary N) is 1. The summed E-state index contributed by atoms with van der Waals surface area (Å²) in [5.74, 6) is 1.18. The zero-order valence-corrected chi connectivity index (χ0v) is 12.6. The Bertz CT molecular complexity index is 629. The molecule has 1 aromatic carbocycles. The normalized spacial score (nSPS) is 10.7. The third-order valence-corrected chi connectivity index (χ3v) is 3.57. The van der Waals surface area contributed by atoms with Crippen LogP contribution in [0, 0.1) is 12.7 Å². The number of hydrogen-bond donors (Lipinski definition) is 1. The van der Waals surface area contributed by atoms with Crippen LogP contribution >= 0.6 is 11.6 Å². The van der Waals surface area contributed by atoms with Gasteiger partial charge < -0.3 is 5.32 Å². The van der Waals surface area contributed by atoms with E-state index in [-0.39, 0.29) is 5.82 Å². The summed E-state index contributed by atoms with van der Waals surface area (Å²) >= 11 is 6.04. The first-order valence-electron chi connectivity index (χ1n) is 6.53. The highest BCUT2D eigenvalue weighted by Crippen LogP contribution is 2.22. The maximum absolute atomic E-state index is 13.0. The molecule has 1 aromatic heterocycles. The van der Waals surface area contributed by atoms with E-state index < -0.39 is 0 Å². The zero-order chi connectivity index (χ0) is 14.7. The molecule has 0 aliphatic heterocycles. The smallest absolute Gasteiger partial charge is 0.135 e. The lowest BCUT2D eigenvalue weighted by atomic mass is 10.1. The largest absolute Gasteiger partial charge is 0.373 e. The van der Waals surface area contributed by atoms with Crippen LogP contribution < -0.4 is 5.32 Å². The molecule has 0 radical (unpaired) electrons. The molecule has 2 aromatic rings. The summed E-state index contributed by atoms with van der Waals surface area (Å²) in [6.45, 7) is 4.04. The van der Waals surface area contributed by atoms with Crippen molar-refractivity contribution in [2.24, 2.45) is 0 Å². The quantitative estimate of drug-likeness (QED) is 0.932. The lowest BCUT2D eigenvalue weighted by Gasteiger charge is -2.12. The van der Waals surface area contributed by atoms with Crippen LogP contribution in [0.15, 0.2) is 18.2 Å². The Morgan fingerprint density at radius 2 is 2.05 bits per heavy atom. The number of anilines is 1. The van der Waals surface area contributed by atoms with Crippen LogP contribution in [0.25, 0.3) is 0 Å². The first-order chi connectivity index (χ1) is 9.55. The van der Waals surface area contributed by atoms with Crippen LogP contribution in [0.1, 0.15) is 29.6 Å². The zero-order valence-electron chi connectivity index (χ0n) is 11.8. The van der Waals surface area contributed by atoms with Gasteiger partial charge >= 0.3 is 0 Å². The number of aromatic nitrogens is 2. The molecule has 0 fully saturated rings. The molecule has 3 nitrogen and oxygen atoms in total. The van der Waals surface area contributed by atoms with E-state index in [0.717, 1.165) is 29.1 Å².